The lowest BCUT2D eigenvalue weighted by molar-refractivity contribution is 0.102. The number of nitrogens with two attached hydrogens (primary N) is 1. The summed E-state index contributed by atoms with van der Waals surface area (Å²) in [5, 5.41) is 2.71. The van der Waals surface area contributed by atoms with Crippen molar-refractivity contribution in [3.63, 3.8) is 0 Å². The zero-order valence-corrected chi connectivity index (χ0v) is 15.2. The molecule has 1 amide bonds. The van der Waals surface area contributed by atoms with Gasteiger partial charge in [-0.15, -0.1) is 0 Å². The van der Waals surface area contributed by atoms with Crippen molar-refractivity contribution < 1.29 is 17.9 Å². The van der Waals surface area contributed by atoms with Crippen LogP contribution < -0.4 is 20.5 Å². The minimum absolute atomic E-state index is 0.00111. The minimum atomic E-state index is -3.62. The molecule has 0 unspecified atom stereocenters. The van der Waals surface area contributed by atoms with Crippen LogP contribution in [-0.2, 0) is 16.6 Å². The molecule has 1 aliphatic carbocycles. The Morgan fingerprint density at radius 1 is 1.19 bits per heavy atom. The van der Waals surface area contributed by atoms with Crippen molar-refractivity contribution in [3.05, 3.63) is 53.6 Å². The molecule has 3 rings (SSSR count). The first-order valence-electron chi connectivity index (χ1n) is 8.23. The summed E-state index contributed by atoms with van der Waals surface area (Å²) < 4.78 is 32.6. The lowest BCUT2D eigenvalue weighted by atomic mass is 10.1. The van der Waals surface area contributed by atoms with Gasteiger partial charge in [0.25, 0.3) is 5.91 Å². The van der Waals surface area contributed by atoms with Gasteiger partial charge in [0.2, 0.25) is 10.0 Å². The zero-order valence-electron chi connectivity index (χ0n) is 14.4. The standard InChI is InChI=1S/C18H21N3O4S/c1-25-17-9-8-15(26(23,24)21-14-6-7-14)10-16(17)20-18(22)13-4-2-12(11-19)3-5-13/h2-5,8-10,14,21H,6-7,11,19H2,1H3,(H,20,22). The van der Waals surface area contributed by atoms with Crippen LogP contribution in [-0.4, -0.2) is 27.5 Å². The molecule has 0 atom stereocenters. The number of rotatable bonds is 7. The Bertz CT molecular complexity index is 907. The van der Waals surface area contributed by atoms with Gasteiger partial charge in [0, 0.05) is 18.2 Å². The molecule has 0 aromatic heterocycles. The number of benzene rings is 2. The van der Waals surface area contributed by atoms with E-state index in [0.29, 0.717) is 23.5 Å². The van der Waals surface area contributed by atoms with E-state index >= 15 is 0 Å². The molecule has 138 valence electrons. The van der Waals surface area contributed by atoms with Crippen molar-refractivity contribution in [2.24, 2.45) is 5.73 Å². The lowest BCUT2D eigenvalue weighted by Gasteiger charge is -2.13. The molecule has 7 nitrogen and oxygen atoms in total. The highest BCUT2D eigenvalue weighted by atomic mass is 32.2. The van der Waals surface area contributed by atoms with E-state index in [9.17, 15) is 13.2 Å². The van der Waals surface area contributed by atoms with E-state index in [2.05, 4.69) is 10.0 Å². The van der Waals surface area contributed by atoms with Crippen LogP contribution in [0.5, 0.6) is 5.75 Å². The normalized spacial score (nSPS) is 14.1. The maximum atomic E-state index is 12.5. The quantitative estimate of drug-likeness (QED) is 0.684. The van der Waals surface area contributed by atoms with Crippen LogP contribution in [0.25, 0.3) is 0 Å². The highest BCUT2D eigenvalue weighted by Gasteiger charge is 2.28. The average molecular weight is 375 g/mol. The number of ether oxygens (including phenoxy) is 1. The fourth-order valence-corrected chi connectivity index (χ4v) is 3.76. The predicted molar refractivity (Wildman–Crippen MR) is 98.6 cm³/mol. The van der Waals surface area contributed by atoms with E-state index in [1.54, 1.807) is 24.3 Å². The molecule has 0 spiro atoms. The van der Waals surface area contributed by atoms with Gasteiger partial charge in [0.15, 0.2) is 0 Å². The topological polar surface area (TPSA) is 111 Å². The number of nitrogens with one attached hydrogen (secondary N) is 2. The fraction of sp³-hybridized carbons (Fsp3) is 0.278. The van der Waals surface area contributed by atoms with Crippen LogP contribution >= 0.6 is 0 Å². The van der Waals surface area contributed by atoms with E-state index in [4.69, 9.17) is 10.5 Å². The summed E-state index contributed by atoms with van der Waals surface area (Å²) >= 11 is 0. The van der Waals surface area contributed by atoms with E-state index < -0.39 is 10.0 Å². The first kappa shape index (κ1) is 18.4. The molecule has 1 fully saturated rings. The highest BCUT2D eigenvalue weighted by molar-refractivity contribution is 7.89. The van der Waals surface area contributed by atoms with Gasteiger partial charge in [-0.05, 0) is 48.7 Å². The van der Waals surface area contributed by atoms with Gasteiger partial charge >= 0.3 is 0 Å². The molecule has 0 aliphatic heterocycles. The van der Waals surface area contributed by atoms with E-state index in [-0.39, 0.29) is 16.8 Å². The van der Waals surface area contributed by atoms with Gasteiger partial charge in [-0.3, -0.25) is 4.79 Å². The zero-order chi connectivity index (χ0) is 18.7. The summed E-state index contributed by atoms with van der Waals surface area (Å²) in [6.07, 6.45) is 1.69. The molecule has 0 saturated heterocycles. The van der Waals surface area contributed by atoms with Crippen LogP contribution in [0.2, 0.25) is 0 Å². The third-order valence-corrected chi connectivity index (χ3v) is 5.60. The average Bonchev–Trinajstić information content (AvgIpc) is 3.45. The summed E-state index contributed by atoms with van der Waals surface area (Å²) in [5.41, 5.74) is 7.20. The molecule has 4 N–H and O–H groups in total. The van der Waals surface area contributed by atoms with Crippen LogP contribution in [0.1, 0.15) is 28.8 Å². The fourth-order valence-electron chi connectivity index (χ4n) is 2.43. The number of methoxy groups -OCH3 is 1. The Morgan fingerprint density at radius 2 is 1.88 bits per heavy atom. The molecule has 0 radical (unpaired) electrons. The summed E-state index contributed by atoms with van der Waals surface area (Å²) in [7, 11) is -2.17. The minimum Gasteiger partial charge on any atom is -0.495 e. The largest absolute Gasteiger partial charge is 0.495 e. The second-order valence-corrected chi connectivity index (χ2v) is 7.83. The van der Waals surface area contributed by atoms with Crippen molar-refractivity contribution in [3.8, 4) is 5.75 Å². The Labute approximate surface area is 152 Å². The van der Waals surface area contributed by atoms with Crippen LogP contribution in [0.3, 0.4) is 0 Å². The highest BCUT2D eigenvalue weighted by Crippen LogP contribution is 2.29. The number of hydrogen-bond donors (Lipinski definition) is 3. The van der Waals surface area contributed by atoms with Gasteiger partial charge in [0.1, 0.15) is 5.75 Å². The number of carbonyl (C=O) groups is 1. The van der Waals surface area contributed by atoms with Crippen LogP contribution in [0.15, 0.2) is 47.4 Å². The van der Waals surface area contributed by atoms with Crippen LogP contribution in [0.4, 0.5) is 5.69 Å². The third kappa shape index (κ3) is 4.21. The van der Waals surface area contributed by atoms with Crippen molar-refractivity contribution >= 4 is 21.6 Å². The molecule has 0 heterocycles. The molecule has 2 aromatic rings. The molecule has 1 aliphatic rings. The third-order valence-electron chi connectivity index (χ3n) is 4.08. The van der Waals surface area contributed by atoms with Crippen molar-refractivity contribution in [2.75, 3.05) is 12.4 Å². The van der Waals surface area contributed by atoms with Gasteiger partial charge < -0.3 is 15.8 Å². The number of carbonyl (C=O) groups excluding carboxylic acids is 1. The first-order valence-corrected chi connectivity index (χ1v) is 9.72. The molecule has 2 aromatic carbocycles. The molecular weight excluding hydrogens is 354 g/mol. The summed E-state index contributed by atoms with van der Waals surface area (Å²) in [6.45, 7) is 0.392. The number of hydrogen-bond acceptors (Lipinski definition) is 5. The number of amides is 1. The van der Waals surface area contributed by atoms with E-state index in [1.807, 2.05) is 0 Å². The van der Waals surface area contributed by atoms with Crippen LogP contribution in [0, 0.1) is 0 Å². The van der Waals surface area contributed by atoms with E-state index in [0.717, 1.165) is 18.4 Å². The smallest absolute Gasteiger partial charge is 0.255 e. The van der Waals surface area contributed by atoms with Gasteiger partial charge in [-0.1, -0.05) is 12.1 Å². The Morgan fingerprint density at radius 3 is 2.46 bits per heavy atom. The lowest BCUT2D eigenvalue weighted by Crippen LogP contribution is -2.25. The number of sulfonamides is 1. The number of anilines is 1. The van der Waals surface area contributed by atoms with Crippen molar-refractivity contribution in [1.29, 1.82) is 0 Å². The van der Waals surface area contributed by atoms with Gasteiger partial charge in [0.05, 0.1) is 17.7 Å². The van der Waals surface area contributed by atoms with Crippen molar-refractivity contribution in [1.82, 2.24) is 4.72 Å². The maximum absolute atomic E-state index is 12.5. The van der Waals surface area contributed by atoms with E-state index in [1.165, 1.54) is 25.3 Å². The molecule has 0 bridgehead atoms. The van der Waals surface area contributed by atoms with Gasteiger partial charge in [-0.25, -0.2) is 13.1 Å². The summed E-state index contributed by atoms with van der Waals surface area (Å²) in [4.78, 5) is 12.6. The SMILES string of the molecule is COc1ccc(S(=O)(=O)NC2CC2)cc1NC(=O)c1ccc(CN)cc1. The maximum Gasteiger partial charge on any atom is 0.255 e. The van der Waals surface area contributed by atoms with Crippen molar-refractivity contribution in [2.45, 2.75) is 30.3 Å². The Balaban J connectivity index is 1.84. The predicted octanol–water partition coefficient (Wildman–Crippen LogP) is 1.85. The molecule has 1 saturated carbocycles. The molecule has 26 heavy (non-hydrogen) atoms. The molecular formula is C18H21N3O4S. The second-order valence-electron chi connectivity index (χ2n) is 6.11. The van der Waals surface area contributed by atoms with Gasteiger partial charge in [-0.2, -0.15) is 0 Å². The Kier molecular flexibility index (Phi) is 5.26. The second kappa shape index (κ2) is 7.45. The summed E-state index contributed by atoms with van der Waals surface area (Å²) in [5.74, 6) is 0.0128. The monoisotopic (exact) mass is 375 g/mol. The summed E-state index contributed by atoms with van der Waals surface area (Å²) in [6, 6.07) is 11.2. The Hall–Kier alpha value is -2.42. The first-order chi connectivity index (χ1) is 12.4. The molecule has 8 heteroatoms.